The molecule has 0 radical (unpaired) electrons. The predicted molar refractivity (Wildman–Crippen MR) is 79.1 cm³/mol. The van der Waals surface area contributed by atoms with Crippen molar-refractivity contribution in [1.82, 2.24) is 10.2 Å². The van der Waals surface area contributed by atoms with Crippen LogP contribution in [0.15, 0.2) is 40.0 Å². The third-order valence-electron chi connectivity index (χ3n) is 2.67. The van der Waals surface area contributed by atoms with Gasteiger partial charge in [-0.1, -0.05) is 0 Å². The maximum atomic E-state index is 11.5. The molecule has 1 aromatic carbocycles. The van der Waals surface area contributed by atoms with E-state index in [0.717, 1.165) is 10.5 Å². The molecule has 6 heteroatoms. The monoisotopic (exact) mass is 290 g/mol. The zero-order valence-corrected chi connectivity index (χ0v) is 11.9. The first-order valence-corrected chi connectivity index (χ1v) is 7.41. The standard InChI is InChI=1S/C14H14N2O3S/c1-19-13-7-6-12(20(2)18)9-10(13)3-4-11-5-8-14(17)16-15-11/h3-9H,1-2H3,(H,16,17)/b4-3+. The summed E-state index contributed by atoms with van der Waals surface area (Å²) in [4.78, 5) is 11.6. The number of ether oxygens (including phenoxy) is 1. The summed E-state index contributed by atoms with van der Waals surface area (Å²) in [5.74, 6) is 0.680. The summed E-state index contributed by atoms with van der Waals surface area (Å²) >= 11 is 0. The molecule has 1 aromatic heterocycles. The van der Waals surface area contributed by atoms with Gasteiger partial charge in [-0.2, -0.15) is 5.10 Å². The number of hydrogen-bond acceptors (Lipinski definition) is 4. The van der Waals surface area contributed by atoms with Crippen LogP contribution in [0.2, 0.25) is 0 Å². The summed E-state index contributed by atoms with van der Waals surface area (Å²) in [5, 5.41) is 6.24. The van der Waals surface area contributed by atoms with Crippen molar-refractivity contribution in [2.45, 2.75) is 4.90 Å². The predicted octanol–water partition coefficient (Wildman–Crippen LogP) is 1.69. The molecule has 0 fully saturated rings. The Morgan fingerprint density at radius 3 is 2.65 bits per heavy atom. The van der Waals surface area contributed by atoms with E-state index in [4.69, 9.17) is 4.74 Å². The van der Waals surface area contributed by atoms with Crippen molar-refractivity contribution in [3.05, 3.63) is 51.9 Å². The molecule has 1 atom stereocenters. The van der Waals surface area contributed by atoms with Gasteiger partial charge in [0.15, 0.2) is 0 Å². The van der Waals surface area contributed by atoms with Crippen molar-refractivity contribution < 1.29 is 8.95 Å². The third kappa shape index (κ3) is 3.42. The molecule has 0 saturated heterocycles. The molecule has 0 aliphatic heterocycles. The summed E-state index contributed by atoms with van der Waals surface area (Å²) in [6.45, 7) is 0. The van der Waals surface area contributed by atoms with Gasteiger partial charge >= 0.3 is 0 Å². The van der Waals surface area contributed by atoms with E-state index < -0.39 is 10.8 Å². The van der Waals surface area contributed by atoms with Gasteiger partial charge in [0.1, 0.15) is 5.75 Å². The van der Waals surface area contributed by atoms with E-state index >= 15 is 0 Å². The zero-order chi connectivity index (χ0) is 14.5. The Morgan fingerprint density at radius 1 is 1.25 bits per heavy atom. The fourth-order valence-corrected chi connectivity index (χ4v) is 2.20. The van der Waals surface area contributed by atoms with Crippen molar-refractivity contribution in [1.29, 1.82) is 0 Å². The molecule has 5 nitrogen and oxygen atoms in total. The highest BCUT2D eigenvalue weighted by atomic mass is 32.2. The van der Waals surface area contributed by atoms with Gasteiger partial charge in [0.2, 0.25) is 0 Å². The van der Waals surface area contributed by atoms with Crippen molar-refractivity contribution >= 4 is 23.0 Å². The van der Waals surface area contributed by atoms with E-state index in [1.807, 2.05) is 0 Å². The number of nitrogens with zero attached hydrogens (tertiary/aromatic N) is 1. The number of nitrogens with one attached hydrogen (secondary N) is 1. The van der Waals surface area contributed by atoms with Crippen molar-refractivity contribution in [3.8, 4) is 5.75 Å². The van der Waals surface area contributed by atoms with Gasteiger partial charge in [0, 0.05) is 33.6 Å². The number of rotatable bonds is 4. The summed E-state index contributed by atoms with van der Waals surface area (Å²) in [5.41, 5.74) is 1.17. The SMILES string of the molecule is COc1ccc(S(C)=O)cc1/C=C/c1ccc(=O)[nH]n1. The first-order valence-electron chi connectivity index (χ1n) is 5.85. The lowest BCUT2D eigenvalue weighted by molar-refractivity contribution is 0.413. The summed E-state index contributed by atoms with van der Waals surface area (Å²) in [7, 11) is 0.524. The van der Waals surface area contributed by atoms with Crippen LogP contribution in [0.1, 0.15) is 11.3 Å². The Hall–Kier alpha value is -2.21. The van der Waals surface area contributed by atoms with Crippen LogP contribution in [-0.2, 0) is 10.8 Å². The van der Waals surface area contributed by atoms with E-state index in [9.17, 15) is 9.00 Å². The molecule has 0 bridgehead atoms. The van der Waals surface area contributed by atoms with E-state index in [-0.39, 0.29) is 5.56 Å². The number of hydrogen-bond donors (Lipinski definition) is 1. The Balaban J connectivity index is 2.35. The minimum absolute atomic E-state index is 0.247. The average Bonchev–Trinajstić information content (AvgIpc) is 2.46. The minimum Gasteiger partial charge on any atom is -0.496 e. The van der Waals surface area contributed by atoms with Crippen LogP contribution in [0.4, 0.5) is 0 Å². The van der Waals surface area contributed by atoms with Crippen LogP contribution in [0, 0.1) is 0 Å². The molecule has 1 N–H and O–H groups in total. The molecule has 1 unspecified atom stereocenters. The molecule has 104 valence electrons. The van der Waals surface area contributed by atoms with E-state index in [2.05, 4.69) is 10.2 Å². The lowest BCUT2D eigenvalue weighted by Gasteiger charge is -2.06. The fraction of sp³-hybridized carbons (Fsp3) is 0.143. The molecule has 0 aliphatic carbocycles. The Labute approximate surface area is 118 Å². The van der Waals surface area contributed by atoms with Gasteiger partial charge in [-0.25, -0.2) is 5.10 Å². The molecular weight excluding hydrogens is 276 g/mol. The number of aromatic nitrogens is 2. The average molecular weight is 290 g/mol. The van der Waals surface area contributed by atoms with Gasteiger partial charge in [-0.15, -0.1) is 0 Å². The molecule has 2 rings (SSSR count). The van der Waals surface area contributed by atoms with Crippen molar-refractivity contribution in [3.63, 3.8) is 0 Å². The van der Waals surface area contributed by atoms with Gasteiger partial charge in [0.25, 0.3) is 5.56 Å². The second kappa shape index (κ2) is 6.29. The lowest BCUT2D eigenvalue weighted by atomic mass is 10.1. The number of methoxy groups -OCH3 is 1. The Kier molecular flexibility index (Phi) is 4.47. The van der Waals surface area contributed by atoms with Crippen molar-refractivity contribution in [2.75, 3.05) is 13.4 Å². The summed E-state index contributed by atoms with van der Waals surface area (Å²) < 4.78 is 16.8. The maximum Gasteiger partial charge on any atom is 0.264 e. The number of aromatic amines is 1. The normalized spacial score (nSPS) is 12.5. The van der Waals surface area contributed by atoms with E-state index in [1.165, 1.54) is 6.07 Å². The first kappa shape index (κ1) is 14.2. The lowest BCUT2D eigenvalue weighted by Crippen LogP contribution is -2.05. The van der Waals surface area contributed by atoms with Crippen molar-refractivity contribution in [2.24, 2.45) is 0 Å². The Bertz CT molecular complexity index is 702. The van der Waals surface area contributed by atoms with Crippen LogP contribution in [-0.4, -0.2) is 27.8 Å². The smallest absolute Gasteiger partial charge is 0.264 e. The molecule has 0 aliphatic rings. The summed E-state index contributed by atoms with van der Waals surface area (Å²) in [6, 6.07) is 8.36. The molecular formula is C14H14N2O3S. The van der Waals surface area contributed by atoms with Gasteiger partial charge in [0.05, 0.1) is 12.8 Å². The van der Waals surface area contributed by atoms with Crippen LogP contribution < -0.4 is 10.3 Å². The number of H-pyrrole nitrogens is 1. The third-order valence-corrected chi connectivity index (χ3v) is 3.59. The molecule has 1 heterocycles. The van der Waals surface area contributed by atoms with Gasteiger partial charge < -0.3 is 4.74 Å². The second-order valence-corrected chi connectivity index (χ2v) is 5.42. The summed E-state index contributed by atoms with van der Waals surface area (Å²) in [6.07, 6.45) is 5.17. The molecule has 2 aromatic rings. The molecule has 20 heavy (non-hydrogen) atoms. The molecule has 0 saturated carbocycles. The van der Waals surface area contributed by atoms with Crippen LogP contribution in [0.25, 0.3) is 12.2 Å². The quantitative estimate of drug-likeness (QED) is 0.930. The highest BCUT2D eigenvalue weighted by Gasteiger charge is 2.04. The Morgan fingerprint density at radius 2 is 2.05 bits per heavy atom. The highest BCUT2D eigenvalue weighted by Crippen LogP contribution is 2.23. The first-order chi connectivity index (χ1) is 9.60. The molecule has 0 spiro atoms. The van der Waals surface area contributed by atoms with Gasteiger partial charge in [-0.05, 0) is 36.4 Å². The van der Waals surface area contributed by atoms with Crippen LogP contribution in [0.5, 0.6) is 5.75 Å². The highest BCUT2D eigenvalue weighted by molar-refractivity contribution is 7.84. The van der Waals surface area contributed by atoms with E-state index in [1.54, 1.807) is 49.8 Å². The van der Waals surface area contributed by atoms with Crippen LogP contribution in [0.3, 0.4) is 0 Å². The minimum atomic E-state index is -1.05. The van der Waals surface area contributed by atoms with Crippen LogP contribution >= 0.6 is 0 Å². The van der Waals surface area contributed by atoms with Gasteiger partial charge in [-0.3, -0.25) is 9.00 Å². The second-order valence-electron chi connectivity index (χ2n) is 4.04. The largest absolute Gasteiger partial charge is 0.496 e. The zero-order valence-electron chi connectivity index (χ0n) is 11.1. The van der Waals surface area contributed by atoms with E-state index in [0.29, 0.717) is 11.4 Å². The number of benzene rings is 1. The fourth-order valence-electron chi connectivity index (χ4n) is 1.64. The topological polar surface area (TPSA) is 72.1 Å². The molecule has 0 amide bonds. The maximum absolute atomic E-state index is 11.5.